The van der Waals surface area contributed by atoms with Crippen LogP contribution in [0.3, 0.4) is 0 Å². The number of rotatable bonds is 8. The van der Waals surface area contributed by atoms with E-state index in [1.807, 2.05) is 0 Å². The summed E-state index contributed by atoms with van der Waals surface area (Å²) in [4.78, 5) is 0. The summed E-state index contributed by atoms with van der Waals surface area (Å²) >= 11 is 3.49. The van der Waals surface area contributed by atoms with Crippen LogP contribution in [0.1, 0.15) is 33.1 Å². The van der Waals surface area contributed by atoms with Crippen LogP contribution in [0.25, 0.3) is 0 Å². The van der Waals surface area contributed by atoms with E-state index in [1.165, 1.54) is 0 Å². The zero-order chi connectivity index (χ0) is 11.9. The quantitative estimate of drug-likeness (QED) is 0.509. The van der Waals surface area contributed by atoms with E-state index in [4.69, 9.17) is 13.3 Å². The van der Waals surface area contributed by atoms with Gasteiger partial charge in [-0.05, 0) is 12.8 Å². The molecule has 0 amide bonds. The average Bonchev–Trinajstić information content (AvgIpc) is 2.21. The third-order valence-electron chi connectivity index (χ3n) is 2.99. The molecule has 0 aromatic rings. The molecule has 0 bridgehead atoms. The second-order valence-electron chi connectivity index (χ2n) is 3.92. The van der Waals surface area contributed by atoms with Crippen molar-refractivity contribution in [3.63, 3.8) is 0 Å². The molecule has 0 aliphatic carbocycles. The van der Waals surface area contributed by atoms with Crippen LogP contribution >= 0.6 is 15.9 Å². The Balaban J connectivity index is 4.97. The van der Waals surface area contributed by atoms with Crippen LogP contribution in [-0.4, -0.2) is 35.5 Å². The molecule has 0 saturated heterocycles. The van der Waals surface area contributed by atoms with E-state index >= 15 is 0 Å². The monoisotopic (exact) mass is 298 g/mol. The smallest absolute Gasteiger partial charge is 0.377 e. The maximum atomic E-state index is 5.58. The van der Waals surface area contributed by atoms with Crippen molar-refractivity contribution in [3.8, 4) is 0 Å². The molecule has 0 fully saturated rings. The molecule has 0 radical (unpaired) electrons. The van der Waals surface area contributed by atoms with Crippen molar-refractivity contribution in [1.82, 2.24) is 0 Å². The van der Waals surface area contributed by atoms with Gasteiger partial charge >= 0.3 is 8.80 Å². The molecule has 0 heterocycles. The van der Waals surface area contributed by atoms with Crippen LogP contribution in [0.2, 0.25) is 5.04 Å². The van der Waals surface area contributed by atoms with Gasteiger partial charge in [0, 0.05) is 31.7 Å². The highest BCUT2D eigenvalue weighted by Gasteiger charge is 2.55. The fourth-order valence-corrected chi connectivity index (χ4v) is 6.39. The molecule has 92 valence electrons. The van der Waals surface area contributed by atoms with Crippen LogP contribution in [0.5, 0.6) is 0 Å². The summed E-state index contributed by atoms with van der Waals surface area (Å²) in [5.41, 5.74) is 0. The first-order valence-corrected chi connectivity index (χ1v) is 8.11. The standard InChI is InChI=1S/C10H23BrO3Si/c1-6-7-10(2,8-9-11)15(12-3,13-4)14-5/h6-9H2,1-5H3. The second kappa shape index (κ2) is 7.01. The van der Waals surface area contributed by atoms with Gasteiger partial charge in [0.2, 0.25) is 0 Å². The summed E-state index contributed by atoms with van der Waals surface area (Å²) in [7, 11) is 2.50. The van der Waals surface area contributed by atoms with Gasteiger partial charge < -0.3 is 13.3 Å². The highest BCUT2D eigenvalue weighted by atomic mass is 79.9. The summed E-state index contributed by atoms with van der Waals surface area (Å²) < 4.78 is 16.7. The van der Waals surface area contributed by atoms with Gasteiger partial charge in [0.15, 0.2) is 0 Å². The third kappa shape index (κ3) is 3.26. The highest BCUT2D eigenvalue weighted by molar-refractivity contribution is 9.09. The van der Waals surface area contributed by atoms with Gasteiger partial charge in [-0.2, -0.15) is 0 Å². The molecule has 0 aromatic carbocycles. The van der Waals surface area contributed by atoms with Crippen LogP contribution in [0.4, 0.5) is 0 Å². The average molecular weight is 299 g/mol. The minimum atomic E-state index is -2.54. The largest absolute Gasteiger partial charge is 0.506 e. The molecule has 0 aliphatic rings. The molecule has 0 N–H and O–H groups in total. The Hall–Kier alpha value is 0.577. The molecule has 0 aliphatic heterocycles. The van der Waals surface area contributed by atoms with E-state index in [2.05, 4.69) is 29.8 Å². The Morgan fingerprint density at radius 2 is 1.53 bits per heavy atom. The predicted octanol–water partition coefficient (Wildman–Crippen LogP) is 3.21. The molecule has 5 heteroatoms. The van der Waals surface area contributed by atoms with Gasteiger partial charge in [-0.3, -0.25) is 0 Å². The maximum Gasteiger partial charge on any atom is 0.506 e. The summed E-state index contributed by atoms with van der Waals surface area (Å²) in [5, 5.41) is 0.928. The van der Waals surface area contributed by atoms with Gasteiger partial charge in [-0.1, -0.05) is 36.2 Å². The predicted molar refractivity (Wildman–Crippen MR) is 68.5 cm³/mol. The summed E-state index contributed by atoms with van der Waals surface area (Å²) in [6.45, 7) is 4.37. The highest BCUT2D eigenvalue weighted by Crippen LogP contribution is 2.46. The van der Waals surface area contributed by atoms with E-state index in [0.29, 0.717) is 0 Å². The van der Waals surface area contributed by atoms with Crippen LogP contribution in [-0.2, 0) is 13.3 Å². The molecule has 0 saturated carbocycles. The topological polar surface area (TPSA) is 27.7 Å². The molecule has 1 unspecified atom stereocenters. The fraction of sp³-hybridized carbons (Fsp3) is 1.00. The number of hydrogen-bond acceptors (Lipinski definition) is 3. The van der Waals surface area contributed by atoms with Gasteiger partial charge in [0.25, 0.3) is 0 Å². The lowest BCUT2D eigenvalue weighted by Crippen LogP contribution is -2.53. The maximum absolute atomic E-state index is 5.58. The van der Waals surface area contributed by atoms with Crippen molar-refractivity contribution in [1.29, 1.82) is 0 Å². The molecule has 0 rings (SSSR count). The van der Waals surface area contributed by atoms with Gasteiger partial charge in [-0.25, -0.2) is 0 Å². The molecule has 15 heavy (non-hydrogen) atoms. The molecule has 0 spiro atoms. The summed E-state index contributed by atoms with van der Waals surface area (Å²) in [5.74, 6) is 0. The Labute approximate surface area is 103 Å². The summed E-state index contributed by atoms with van der Waals surface area (Å²) in [6.07, 6.45) is 3.16. The number of hydrogen-bond donors (Lipinski definition) is 0. The van der Waals surface area contributed by atoms with Gasteiger partial charge in [0.1, 0.15) is 0 Å². The van der Waals surface area contributed by atoms with Crippen molar-refractivity contribution >= 4 is 24.7 Å². The van der Waals surface area contributed by atoms with E-state index in [9.17, 15) is 0 Å². The second-order valence-corrected chi connectivity index (χ2v) is 8.26. The fourth-order valence-electron chi connectivity index (χ4n) is 2.18. The van der Waals surface area contributed by atoms with E-state index in [1.54, 1.807) is 21.3 Å². The zero-order valence-electron chi connectivity index (χ0n) is 10.4. The first-order chi connectivity index (χ1) is 7.05. The Morgan fingerprint density at radius 1 is 1.07 bits per heavy atom. The Morgan fingerprint density at radius 3 is 1.80 bits per heavy atom. The lowest BCUT2D eigenvalue weighted by Gasteiger charge is -2.41. The van der Waals surface area contributed by atoms with E-state index in [-0.39, 0.29) is 5.04 Å². The van der Waals surface area contributed by atoms with Crippen molar-refractivity contribution in [2.75, 3.05) is 26.7 Å². The van der Waals surface area contributed by atoms with Crippen molar-refractivity contribution in [2.45, 2.75) is 38.1 Å². The lowest BCUT2D eigenvalue weighted by atomic mass is 10.0. The normalized spacial score (nSPS) is 16.4. The lowest BCUT2D eigenvalue weighted by molar-refractivity contribution is 0.0882. The van der Waals surface area contributed by atoms with Crippen molar-refractivity contribution in [2.24, 2.45) is 0 Å². The molecular weight excluding hydrogens is 276 g/mol. The number of halogens is 1. The number of alkyl halides is 1. The Bertz CT molecular complexity index is 160. The van der Waals surface area contributed by atoms with Crippen LogP contribution in [0.15, 0.2) is 0 Å². The first kappa shape index (κ1) is 15.6. The summed E-state index contributed by atoms with van der Waals surface area (Å²) in [6, 6.07) is 0. The SMILES string of the molecule is CCCC(C)(CCBr)[Si](OC)(OC)OC. The molecular formula is C10H23BrO3Si. The van der Waals surface area contributed by atoms with Gasteiger partial charge in [0.05, 0.1) is 0 Å². The van der Waals surface area contributed by atoms with Gasteiger partial charge in [-0.15, -0.1) is 0 Å². The molecule has 3 nitrogen and oxygen atoms in total. The Kier molecular flexibility index (Phi) is 7.28. The first-order valence-electron chi connectivity index (χ1n) is 5.27. The van der Waals surface area contributed by atoms with Crippen molar-refractivity contribution < 1.29 is 13.3 Å². The zero-order valence-corrected chi connectivity index (χ0v) is 13.0. The van der Waals surface area contributed by atoms with E-state index in [0.717, 1.165) is 24.6 Å². The minimum Gasteiger partial charge on any atom is -0.377 e. The van der Waals surface area contributed by atoms with Crippen molar-refractivity contribution in [3.05, 3.63) is 0 Å². The van der Waals surface area contributed by atoms with E-state index < -0.39 is 8.80 Å². The van der Waals surface area contributed by atoms with Crippen LogP contribution in [0, 0.1) is 0 Å². The molecule has 1 atom stereocenters. The third-order valence-corrected chi connectivity index (χ3v) is 6.98. The van der Waals surface area contributed by atoms with Crippen LogP contribution < -0.4 is 0 Å². The minimum absolute atomic E-state index is 0.0104. The molecule has 0 aromatic heterocycles.